The SMILES string of the molecule is N#CC1(NC(=O)C2CC(S(=O)(=O)c3ccccc3Cl)CN2C(=O)[C@H](N)c2ccc(Cl)cc2)CC1. The van der Waals surface area contributed by atoms with E-state index >= 15 is 0 Å². The number of sulfone groups is 1. The van der Waals surface area contributed by atoms with E-state index in [1.807, 2.05) is 0 Å². The van der Waals surface area contributed by atoms with Crippen molar-refractivity contribution in [1.29, 1.82) is 5.26 Å². The summed E-state index contributed by atoms with van der Waals surface area (Å²) in [4.78, 5) is 27.6. The minimum atomic E-state index is -3.96. The number of likely N-dealkylation sites (tertiary alicyclic amines) is 1. The number of hydrogen-bond acceptors (Lipinski definition) is 6. The first-order valence-corrected chi connectivity index (χ1v) is 12.9. The van der Waals surface area contributed by atoms with E-state index in [9.17, 15) is 23.3 Å². The molecule has 0 radical (unpaired) electrons. The van der Waals surface area contributed by atoms with Crippen molar-refractivity contribution in [2.24, 2.45) is 5.73 Å². The van der Waals surface area contributed by atoms with Gasteiger partial charge in [0.05, 0.1) is 21.2 Å². The van der Waals surface area contributed by atoms with E-state index < -0.39 is 44.5 Å². The topological polar surface area (TPSA) is 133 Å². The summed E-state index contributed by atoms with van der Waals surface area (Å²) < 4.78 is 26.7. The molecule has 0 spiro atoms. The van der Waals surface area contributed by atoms with Crippen molar-refractivity contribution in [3.63, 3.8) is 0 Å². The molecule has 1 saturated heterocycles. The van der Waals surface area contributed by atoms with Gasteiger partial charge in [-0.25, -0.2) is 8.42 Å². The average molecular weight is 521 g/mol. The molecule has 2 aromatic carbocycles. The Morgan fingerprint density at radius 3 is 2.38 bits per heavy atom. The number of carbonyl (C=O) groups is 2. The molecule has 2 aromatic rings. The number of halogens is 2. The van der Waals surface area contributed by atoms with Gasteiger partial charge in [-0.2, -0.15) is 5.26 Å². The first kappa shape index (κ1) is 24.5. The summed E-state index contributed by atoms with van der Waals surface area (Å²) in [6.07, 6.45) is 0.864. The Morgan fingerprint density at radius 1 is 1.15 bits per heavy atom. The van der Waals surface area contributed by atoms with E-state index in [0.717, 1.165) is 0 Å². The van der Waals surface area contributed by atoms with E-state index in [-0.39, 0.29) is 22.9 Å². The lowest BCUT2D eigenvalue weighted by Crippen LogP contribution is -2.51. The van der Waals surface area contributed by atoms with Crippen LogP contribution in [0.25, 0.3) is 0 Å². The van der Waals surface area contributed by atoms with Gasteiger partial charge in [0.1, 0.15) is 17.6 Å². The van der Waals surface area contributed by atoms with Gasteiger partial charge < -0.3 is 16.0 Å². The monoisotopic (exact) mass is 520 g/mol. The molecule has 3 N–H and O–H groups in total. The minimum absolute atomic E-state index is 0.0622. The van der Waals surface area contributed by atoms with Crippen LogP contribution in [0.5, 0.6) is 0 Å². The summed E-state index contributed by atoms with van der Waals surface area (Å²) in [7, 11) is -3.96. The Balaban J connectivity index is 1.65. The predicted molar refractivity (Wildman–Crippen MR) is 127 cm³/mol. The van der Waals surface area contributed by atoms with Gasteiger partial charge in [0.25, 0.3) is 0 Å². The lowest BCUT2D eigenvalue weighted by atomic mass is 10.1. The van der Waals surface area contributed by atoms with Crippen molar-refractivity contribution in [2.45, 2.75) is 47.0 Å². The summed E-state index contributed by atoms with van der Waals surface area (Å²) >= 11 is 12.1. The molecule has 0 bridgehead atoms. The number of rotatable bonds is 6. The zero-order valence-corrected chi connectivity index (χ0v) is 20.3. The number of nitriles is 1. The molecule has 2 unspecified atom stereocenters. The number of benzene rings is 2. The van der Waals surface area contributed by atoms with Crippen LogP contribution in [0.15, 0.2) is 53.4 Å². The van der Waals surface area contributed by atoms with Crippen molar-refractivity contribution in [3.8, 4) is 6.07 Å². The van der Waals surface area contributed by atoms with Gasteiger partial charge in [-0.15, -0.1) is 0 Å². The maximum atomic E-state index is 13.4. The second-order valence-corrected chi connectivity index (χ2v) is 11.6. The number of nitrogens with zero attached hydrogens (tertiary/aromatic N) is 2. The fourth-order valence-electron chi connectivity index (χ4n) is 4.07. The second-order valence-electron chi connectivity index (χ2n) is 8.55. The van der Waals surface area contributed by atoms with Crippen LogP contribution in [0.4, 0.5) is 0 Å². The van der Waals surface area contributed by atoms with Gasteiger partial charge in [-0.1, -0.05) is 47.5 Å². The van der Waals surface area contributed by atoms with Crippen molar-refractivity contribution < 1.29 is 18.0 Å². The number of nitrogens with two attached hydrogens (primary N) is 1. The summed E-state index contributed by atoms with van der Waals surface area (Å²) in [5, 5.41) is 11.5. The molecule has 1 heterocycles. The molecule has 11 heteroatoms. The molecular weight excluding hydrogens is 499 g/mol. The van der Waals surface area contributed by atoms with Gasteiger partial charge in [0.15, 0.2) is 9.84 Å². The molecule has 8 nitrogen and oxygen atoms in total. The molecule has 34 heavy (non-hydrogen) atoms. The van der Waals surface area contributed by atoms with E-state index in [0.29, 0.717) is 23.4 Å². The molecule has 178 valence electrons. The number of nitrogens with one attached hydrogen (secondary N) is 1. The zero-order valence-electron chi connectivity index (χ0n) is 17.9. The van der Waals surface area contributed by atoms with Gasteiger partial charge in [-0.05, 0) is 49.1 Å². The molecule has 2 amide bonds. The smallest absolute Gasteiger partial charge is 0.244 e. The van der Waals surface area contributed by atoms with Crippen LogP contribution in [0, 0.1) is 11.3 Å². The van der Waals surface area contributed by atoms with Gasteiger partial charge in [0, 0.05) is 11.6 Å². The molecular formula is C23H22Cl2N4O4S. The highest BCUT2D eigenvalue weighted by Crippen LogP contribution is 2.37. The summed E-state index contributed by atoms with van der Waals surface area (Å²) in [5.41, 5.74) is 5.70. The summed E-state index contributed by atoms with van der Waals surface area (Å²) in [5.74, 6) is -1.17. The molecule has 2 fully saturated rings. The maximum absolute atomic E-state index is 13.4. The Labute approximate surface area is 207 Å². The summed E-state index contributed by atoms with van der Waals surface area (Å²) in [6, 6.07) is 12.3. The molecule has 3 atom stereocenters. The number of amides is 2. The van der Waals surface area contributed by atoms with Crippen molar-refractivity contribution in [3.05, 3.63) is 64.1 Å². The first-order chi connectivity index (χ1) is 16.1. The van der Waals surface area contributed by atoms with E-state index in [4.69, 9.17) is 28.9 Å². The van der Waals surface area contributed by atoms with Crippen LogP contribution in [0.1, 0.15) is 30.9 Å². The van der Waals surface area contributed by atoms with Crippen molar-refractivity contribution in [1.82, 2.24) is 10.2 Å². The van der Waals surface area contributed by atoms with Crippen LogP contribution in [0.3, 0.4) is 0 Å². The van der Waals surface area contributed by atoms with Crippen LogP contribution in [-0.2, 0) is 19.4 Å². The molecule has 1 aliphatic heterocycles. The summed E-state index contributed by atoms with van der Waals surface area (Å²) in [6.45, 7) is -0.231. The van der Waals surface area contributed by atoms with Crippen molar-refractivity contribution in [2.75, 3.05) is 6.54 Å². The average Bonchev–Trinajstić information content (AvgIpc) is 3.43. The van der Waals surface area contributed by atoms with Gasteiger partial charge >= 0.3 is 0 Å². The van der Waals surface area contributed by atoms with Crippen LogP contribution >= 0.6 is 23.2 Å². The molecule has 1 aliphatic carbocycles. The standard InChI is InChI=1S/C23H22Cl2N4O4S/c24-15-7-5-14(6-8-15)20(27)22(31)29-12-16(34(32,33)19-4-2-1-3-17(19)25)11-18(29)21(30)28-23(13-26)9-10-23/h1-8,16,18,20H,9-12,27H2,(H,28,30)/t16?,18?,20-/m1/s1. The fourth-order valence-corrected chi connectivity index (χ4v) is 6.41. The third-order valence-corrected chi connectivity index (χ3v) is 9.13. The van der Waals surface area contributed by atoms with Gasteiger partial charge in [0.2, 0.25) is 11.8 Å². The largest absolute Gasteiger partial charge is 0.336 e. The minimum Gasteiger partial charge on any atom is -0.336 e. The fraction of sp³-hybridized carbons (Fsp3) is 0.348. The third kappa shape index (κ3) is 4.64. The van der Waals surface area contributed by atoms with Crippen LogP contribution < -0.4 is 11.1 Å². The third-order valence-electron chi connectivity index (χ3n) is 6.25. The highest BCUT2D eigenvalue weighted by Gasteiger charge is 2.51. The Hall–Kier alpha value is -2.64. The quantitative estimate of drug-likeness (QED) is 0.601. The molecule has 0 aromatic heterocycles. The van der Waals surface area contributed by atoms with Crippen LogP contribution in [-0.4, -0.2) is 48.5 Å². The Bertz CT molecular complexity index is 1270. The van der Waals surface area contributed by atoms with E-state index in [1.54, 1.807) is 36.4 Å². The number of hydrogen-bond donors (Lipinski definition) is 2. The first-order valence-electron chi connectivity index (χ1n) is 10.6. The normalized spacial score (nSPS) is 22.0. The second kappa shape index (κ2) is 9.19. The van der Waals surface area contributed by atoms with E-state index in [2.05, 4.69) is 11.4 Å². The molecule has 1 saturated carbocycles. The van der Waals surface area contributed by atoms with Crippen molar-refractivity contribution >= 4 is 44.9 Å². The Morgan fingerprint density at radius 2 is 1.79 bits per heavy atom. The van der Waals surface area contributed by atoms with E-state index in [1.165, 1.54) is 17.0 Å². The zero-order chi connectivity index (χ0) is 24.7. The molecule has 4 rings (SSSR count). The van der Waals surface area contributed by atoms with Gasteiger partial charge in [-0.3, -0.25) is 9.59 Å². The highest BCUT2D eigenvalue weighted by atomic mass is 35.5. The lowest BCUT2D eigenvalue weighted by Gasteiger charge is -2.27. The predicted octanol–water partition coefficient (Wildman–Crippen LogP) is 2.61. The lowest BCUT2D eigenvalue weighted by molar-refractivity contribution is -0.139. The van der Waals surface area contributed by atoms with Crippen LogP contribution in [0.2, 0.25) is 10.0 Å². The molecule has 2 aliphatic rings. The Kier molecular flexibility index (Phi) is 6.62. The number of carbonyl (C=O) groups excluding carboxylic acids is 2. The maximum Gasteiger partial charge on any atom is 0.244 e. The highest BCUT2D eigenvalue weighted by molar-refractivity contribution is 7.92.